The topological polar surface area (TPSA) is 90.9 Å². The van der Waals surface area contributed by atoms with Crippen molar-refractivity contribution < 1.29 is 9.59 Å². The van der Waals surface area contributed by atoms with Gasteiger partial charge in [-0.25, -0.2) is 0 Å². The molecule has 1 heterocycles. The highest BCUT2D eigenvalue weighted by Crippen LogP contribution is 2.30. The Bertz CT molecular complexity index is 887. The molecule has 0 saturated carbocycles. The zero-order chi connectivity index (χ0) is 21.0. The summed E-state index contributed by atoms with van der Waals surface area (Å²) in [6.45, 7) is 12.8. The number of thioether (sulfide) groups is 1. The fourth-order valence-corrected chi connectivity index (χ4v) is 4.67. The predicted molar refractivity (Wildman–Crippen MR) is 113 cm³/mol. The third-order valence-corrected chi connectivity index (χ3v) is 5.76. The number of Topliss-reactive ketones (excluding diaryl/α,β-unsaturated/α-hetero) is 1. The van der Waals surface area contributed by atoms with Gasteiger partial charge in [-0.1, -0.05) is 31.7 Å². The van der Waals surface area contributed by atoms with Crippen LogP contribution in [-0.2, 0) is 23.5 Å². The fraction of sp³-hybridized carbons (Fsp3) is 0.524. The normalized spacial score (nSPS) is 11.2. The van der Waals surface area contributed by atoms with E-state index in [1.54, 1.807) is 18.7 Å². The molecular weight excluding hydrogens is 372 g/mol. The lowest BCUT2D eigenvalue weighted by atomic mass is 9.92. The molecule has 1 aromatic carbocycles. The van der Waals surface area contributed by atoms with Gasteiger partial charge in [0.2, 0.25) is 5.91 Å². The van der Waals surface area contributed by atoms with Crippen LogP contribution in [0.2, 0.25) is 0 Å². The summed E-state index contributed by atoms with van der Waals surface area (Å²) < 4.78 is 2.09. The SMILES string of the molecule is CC(=O)c1c(C)cc(C)c(CSc2nnc(CCC(N)=O)n2CC(C)C)c1C. The number of ketones is 1. The second-order valence-corrected chi connectivity index (χ2v) is 8.65. The fourth-order valence-electron chi connectivity index (χ4n) is 3.52. The summed E-state index contributed by atoms with van der Waals surface area (Å²) in [6, 6.07) is 2.08. The number of hydrogen-bond acceptors (Lipinski definition) is 5. The maximum atomic E-state index is 12.1. The summed E-state index contributed by atoms with van der Waals surface area (Å²) in [5, 5.41) is 9.47. The number of rotatable bonds is 9. The molecule has 0 fully saturated rings. The number of amides is 1. The molecule has 0 spiro atoms. The Labute approximate surface area is 171 Å². The van der Waals surface area contributed by atoms with Crippen molar-refractivity contribution >= 4 is 23.5 Å². The maximum absolute atomic E-state index is 12.1. The summed E-state index contributed by atoms with van der Waals surface area (Å²) in [6.07, 6.45) is 0.756. The lowest BCUT2D eigenvalue weighted by molar-refractivity contribution is -0.118. The molecular formula is C21H30N4O2S. The molecule has 0 aliphatic heterocycles. The molecule has 1 aromatic heterocycles. The molecule has 7 heteroatoms. The highest BCUT2D eigenvalue weighted by atomic mass is 32.2. The van der Waals surface area contributed by atoms with E-state index in [1.807, 2.05) is 13.8 Å². The van der Waals surface area contributed by atoms with Gasteiger partial charge in [-0.2, -0.15) is 0 Å². The van der Waals surface area contributed by atoms with Gasteiger partial charge in [0.25, 0.3) is 0 Å². The van der Waals surface area contributed by atoms with E-state index in [1.165, 1.54) is 11.1 Å². The van der Waals surface area contributed by atoms with Crippen molar-refractivity contribution in [2.24, 2.45) is 11.7 Å². The van der Waals surface area contributed by atoms with Gasteiger partial charge >= 0.3 is 0 Å². The number of aryl methyl sites for hydroxylation is 3. The first-order chi connectivity index (χ1) is 13.1. The van der Waals surface area contributed by atoms with Crippen LogP contribution in [0.5, 0.6) is 0 Å². The maximum Gasteiger partial charge on any atom is 0.217 e. The average molecular weight is 403 g/mol. The van der Waals surface area contributed by atoms with E-state index < -0.39 is 0 Å². The van der Waals surface area contributed by atoms with E-state index in [0.29, 0.717) is 18.1 Å². The molecule has 2 aromatic rings. The molecule has 0 radical (unpaired) electrons. The van der Waals surface area contributed by atoms with Crippen LogP contribution in [0.3, 0.4) is 0 Å². The molecule has 0 unspecified atom stereocenters. The Kier molecular flexibility index (Phi) is 7.41. The second-order valence-electron chi connectivity index (χ2n) is 7.70. The van der Waals surface area contributed by atoms with Crippen molar-refractivity contribution in [3.8, 4) is 0 Å². The minimum Gasteiger partial charge on any atom is -0.370 e. The first kappa shape index (κ1) is 22.1. The monoisotopic (exact) mass is 402 g/mol. The molecule has 0 bridgehead atoms. The van der Waals surface area contributed by atoms with Crippen molar-refractivity contribution in [1.82, 2.24) is 14.8 Å². The number of primary amides is 1. The van der Waals surface area contributed by atoms with Gasteiger partial charge in [0.05, 0.1) is 0 Å². The summed E-state index contributed by atoms with van der Waals surface area (Å²) in [4.78, 5) is 23.2. The van der Waals surface area contributed by atoms with Gasteiger partial charge in [0.15, 0.2) is 10.9 Å². The lowest BCUT2D eigenvalue weighted by Crippen LogP contribution is -2.15. The summed E-state index contributed by atoms with van der Waals surface area (Å²) in [7, 11) is 0. The smallest absolute Gasteiger partial charge is 0.217 e. The largest absolute Gasteiger partial charge is 0.370 e. The highest BCUT2D eigenvalue weighted by molar-refractivity contribution is 7.98. The highest BCUT2D eigenvalue weighted by Gasteiger charge is 2.18. The number of hydrogen-bond donors (Lipinski definition) is 1. The third kappa shape index (κ3) is 5.22. The number of benzene rings is 1. The van der Waals surface area contributed by atoms with Crippen molar-refractivity contribution in [3.05, 3.63) is 39.7 Å². The first-order valence-electron chi connectivity index (χ1n) is 9.55. The van der Waals surface area contributed by atoms with Crippen LogP contribution in [0.4, 0.5) is 0 Å². The minimum absolute atomic E-state index is 0.0953. The summed E-state index contributed by atoms with van der Waals surface area (Å²) in [5.74, 6) is 1.69. The quantitative estimate of drug-likeness (QED) is 0.509. The van der Waals surface area contributed by atoms with Gasteiger partial charge in [-0.05, 0) is 55.9 Å². The molecule has 0 aliphatic rings. The molecule has 6 nitrogen and oxygen atoms in total. The Hall–Kier alpha value is -2.15. The van der Waals surface area contributed by atoms with Crippen LogP contribution in [0, 0.1) is 26.7 Å². The van der Waals surface area contributed by atoms with Crippen LogP contribution >= 0.6 is 11.8 Å². The van der Waals surface area contributed by atoms with Gasteiger partial charge < -0.3 is 10.3 Å². The van der Waals surface area contributed by atoms with Crippen LogP contribution in [0.15, 0.2) is 11.2 Å². The van der Waals surface area contributed by atoms with Gasteiger partial charge in [0, 0.05) is 30.7 Å². The number of nitrogens with two attached hydrogens (primary N) is 1. The van der Waals surface area contributed by atoms with Gasteiger partial charge in [-0.3, -0.25) is 9.59 Å². The first-order valence-corrected chi connectivity index (χ1v) is 10.5. The molecule has 0 saturated heterocycles. The zero-order valence-electron chi connectivity index (χ0n) is 17.6. The zero-order valence-corrected chi connectivity index (χ0v) is 18.4. The van der Waals surface area contributed by atoms with Crippen LogP contribution in [0.25, 0.3) is 0 Å². The Morgan fingerprint density at radius 1 is 1.18 bits per heavy atom. The standard InChI is InChI=1S/C21H30N4O2S/c1-12(2)10-25-19(8-7-18(22)27)23-24-21(25)28-11-17-13(3)9-14(4)20(15(17)5)16(6)26/h9,12H,7-8,10-11H2,1-6H3,(H2,22,27). The van der Waals surface area contributed by atoms with E-state index in [2.05, 4.69) is 41.6 Å². The molecule has 0 aliphatic carbocycles. The van der Waals surface area contributed by atoms with E-state index in [9.17, 15) is 9.59 Å². The van der Waals surface area contributed by atoms with Crippen LogP contribution in [-0.4, -0.2) is 26.5 Å². The van der Waals surface area contributed by atoms with Crippen molar-refractivity contribution in [2.45, 2.75) is 71.8 Å². The van der Waals surface area contributed by atoms with Crippen molar-refractivity contribution in [1.29, 1.82) is 0 Å². The van der Waals surface area contributed by atoms with Gasteiger partial charge in [-0.15, -0.1) is 10.2 Å². The van der Waals surface area contributed by atoms with Crippen molar-refractivity contribution in [2.75, 3.05) is 0 Å². The Balaban J connectivity index is 2.30. The number of carbonyl (C=O) groups excluding carboxylic acids is 2. The van der Waals surface area contributed by atoms with E-state index in [0.717, 1.165) is 34.2 Å². The van der Waals surface area contributed by atoms with E-state index >= 15 is 0 Å². The number of aromatic nitrogens is 3. The molecule has 2 N–H and O–H groups in total. The van der Waals surface area contributed by atoms with Crippen molar-refractivity contribution in [3.63, 3.8) is 0 Å². The second kappa shape index (κ2) is 9.37. The molecule has 1 amide bonds. The lowest BCUT2D eigenvalue weighted by Gasteiger charge is -2.16. The van der Waals surface area contributed by atoms with E-state index in [4.69, 9.17) is 5.73 Å². The summed E-state index contributed by atoms with van der Waals surface area (Å²) in [5.41, 5.74) is 10.5. The molecule has 2 rings (SSSR count). The third-order valence-electron chi connectivity index (χ3n) is 4.76. The minimum atomic E-state index is -0.337. The van der Waals surface area contributed by atoms with Crippen LogP contribution < -0.4 is 5.73 Å². The molecule has 152 valence electrons. The Morgan fingerprint density at radius 3 is 2.43 bits per heavy atom. The van der Waals surface area contributed by atoms with Gasteiger partial charge in [0.1, 0.15) is 5.82 Å². The Morgan fingerprint density at radius 2 is 1.86 bits per heavy atom. The van der Waals surface area contributed by atoms with Crippen LogP contribution in [0.1, 0.15) is 65.6 Å². The number of carbonyl (C=O) groups is 2. The predicted octanol–water partition coefficient (Wildman–Crippen LogP) is 3.77. The number of nitrogens with zero attached hydrogens (tertiary/aromatic N) is 3. The van der Waals surface area contributed by atoms with E-state index in [-0.39, 0.29) is 18.1 Å². The summed E-state index contributed by atoms with van der Waals surface area (Å²) >= 11 is 1.61. The molecule has 28 heavy (non-hydrogen) atoms. The molecule has 0 atom stereocenters. The average Bonchev–Trinajstić information content (AvgIpc) is 2.93.